The number of halogens is 1. The van der Waals surface area contributed by atoms with Crippen molar-refractivity contribution in [3.63, 3.8) is 0 Å². The zero-order valence-electron chi connectivity index (χ0n) is 13.7. The van der Waals surface area contributed by atoms with Gasteiger partial charge in [-0.15, -0.1) is 0 Å². The summed E-state index contributed by atoms with van der Waals surface area (Å²) in [7, 11) is 0. The number of carbonyl (C=O) groups excluding carboxylic acids is 2. The first-order valence-electron chi connectivity index (χ1n) is 8.10. The lowest BCUT2D eigenvalue weighted by Gasteiger charge is -2.31. The molecule has 1 saturated heterocycles. The molecule has 1 aliphatic rings. The number of anilines is 1. The topological polar surface area (TPSA) is 78.1 Å². The van der Waals surface area contributed by atoms with E-state index in [1.165, 1.54) is 11.8 Å². The first kappa shape index (κ1) is 17.7. The van der Waals surface area contributed by atoms with Crippen molar-refractivity contribution in [2.75, 3.05) is 18.4 Å². The number of aromatic amines is 1. The Kier molecular flexibility index (Phi) is 5.52. The number of benzene rings is 1. The van der Waals surface area contributed by atoms with E-state index in [2.05, 4.69) is 44.7 Å². The normalized spacial score (nSPS) is 15.0. The van der Waals surface area contributed by atoms with E-state index in [1.807, 2.05) is 11.1 Å². The Morgan fingerprint density at radius 1 is 1.36 bits per heavy atom. The third-order valence-corrected chi connectivity index (χ3v) is 5.23. The molecule has 25 heavy (non-hydrogen) atoms. The average Bonchev–Trinajstić information content (AvgIpc) is 3.07. The number of nitrogens with zero attached hydrogens (tertiary/aromatic N) is 2. The van der Waals surface area contributed by atoms with Gasteiger partial charge < -0.3 is 10.2 Å². The summed E-state index contributed by atoms with van der Waals surface area (Å²) in [5.74, 6) is 0.115. The summed E-state index contributed by atoms with van der Waals surface area (Å²) in [6.07, 6.45) is 4.86. The van der Waals surface area contributed by atoms with Crippen molar-refractivity contribution in [2.24, 2.45) is 0 Å². The second-order valence-electron chi connectivity index (χ2n) is 5.97. The molecule has 7 heteroatoms. The fourth-order valence-electron chi connectivity index (χ4n) is 3.04. The summed E-state index contributed by atoms with van der Waals surface area (Å²) >= 11 is 2.29. The van der Waals surface area contributed by atoms with Crippen LogP contribution < -0.4 is 5.32 Å². The van der Waals surface area contributed by atoms with Gasteiger partial charge in [-0.2, -0.15) is 5.10 Å². The van der Waals surface area contributed by atoms with E-state index < -0.39 is 0 Å². The summed E-state index contributed by atoms with van der Waals surface area (Å²) in [6, 6.07) is 7.00. The molecule has 0 saturated carbocycles. The minimum atomic E-state index is -0.292. The highest BCUT2D eigenvalue weighted by molar-refractivity contribution is 14.1. The van der Waals surface area contributed by atoms with Gasteiger partial charge in [0, 0.05) is 30.3 Å². The molecule has 1 aromatic heterocycles. The van der Waals surface area contributed by atoms with Crippen LogP contribution in [0.4, 0.5) is 5.69 Å². The highest BCUT2D eigenvalue weighted by atomic mass is 127. The van der Waals surface area contributed by atoms with E-state index in [9.17, 15) is 9.59 Å². The third-order valence-electron chi connectivity index (χ3n) is 4.37. The van der Waals surface area contributed by atoms with Crippen molar-refractivity contribution in [1.82, 2.24) is 15.1 Å². The standard InChI is InChI=1S/C18H19IN4O2/c1-2-16(24)21-14-5-3-4-13(10-14)18(25)23-8-6-12(7-9-23)17-15(19)11-20-22-17/h2-5,10-12H,1,6-9H2,(H,20,22)(H,21,24). The maximum Gasteiger partial charge on any atom is 0.253 e. The minimum absolute atomic E-state index is 0.00698. The number of piperidine rings is 1. The second-order valence-corrected chi connectivity index (χ2v) is 7.13. The summed E-state index contributed by atoms with van der Waals surface area (Å²) in [5.41, 5.74) is 2.34. The Bertz CT molecular complexity index is 794. The highest BCUT2D eigenvalue weighted by Crippen LogP contribution is 2.30. The number of H-pyrrole nitrogens is 1. The van der Waals surface area contributed by atoms with Crippen LogP contribution in [0.15, 0.2) is 43.1 Å². The molecule has 0 unspecified atom stereocenters. The van der Waals surface area contributed by atoms with Crippen LogP contribution in [0.25, 0.3) is 0 Å². The summed E-state index contributed by atoms with van der Waals surface area (Å²) < 4.78 is 1.15. The fourth-order valence-corrected chi connectivity index (χ4v) is 3.75. The molecule has 0 atom stereocenters. The third kappa shape index (κ3) is 4.09. The Labute approximate surface area is 159 Å². The molecule has 0 spiro atoms. The van der Waals surface area contributed by atoms with Crippen molar-refractivity contribution >= 4 is 40.1 Å². The lowest BCUT2D eigenvalue weighted by molar-refractivity contribution is -0.111. The first-order valence-corrected chi connectivity index (χ1v) is 9.18. The van der Waals surface area contributed by atoms with Gasteiger partial charge in [0.05, 0.1) is 15.5 Å². The molecule has 2 N–H and O–H groups in total. The molecule has 130 valence electrons. The summed E-state index contributed by atoms with van der Waals surface area (Å²) in [4.78, 5) is 26.0. The van der Waals surface area contributed by atoms with Gasteiger partial charge in [0.1, 0.15) is 0 Å². The SMILES string of the molecule is C=CC(=O)Nc1cccc(C(=O)N2CCC(c3[nH]ncc3I)CC2)c1. The van der Waals surface area contributed by atoms with Gasteiger partial charge in [-0.1, -0.05) is 12.6 Å². The number of nitrogens with one attached hydrogen (secondary N) is 2. The number of rotatable bonds is 4. The van der Waals surface area contributed by atoms with Crippen molar-refractivity contribution < 1.29 is 9.59 Å². The van der Waals surface area contributed by atoms with Crippen LogP contribution in [0.1, 0.15) is 34.8 Å². The first-order chi connectivity index (χ1) is 12.1. The lowest BCUT2D eigenvalue weighted by Crippen LogP contribution is -2.38. The molecule has 0 bridgehead atoms. The number of hydrogen-bond acceptors (Lipinski definition) is 3. The van der Waals surface area contributed by atoms with Gasteiger partial charge in [0.25, 0.3) is 5.91 Å². The van der Waals surface area contributed by atoms with Gasteiger partial charge in [0.15, 0.2) is 0 Å². The molecule has 6 nitrogen and oxygen atoms in total. The molecule has 1 aromatic carbocycles. The molecule has 2 aromatic rings. The molecule has 2 heterocycles. The second kappa shape index (κ2) is 7.81. The molecule has 3 rings (SSSR count). The van der Waals surface area contributed by atoms with E-state index in [1.54, 1.807) is 24.3 Å². The molecular formula is C18H19IN4O2. The monoisotopic (exact) mass is 450 g/mol. The lowest BCUT2D eigenvalue weighted by atomic mass is 9.93. The van der Waals surface area contributed by atoms with Crippen molar-refractivity contribution in [3.8, 4) is 0 Å². The number of aromatic nitrogens is 2. The van der Waals surface area contributed by atoms with Crippen LogP contribution >= 0.6 is 22.6 Å². The molecular weight excluding hydrogens is 431 g/mol. The van der Waals surface area contributed by atoms with Gasteiger partial charge in [-0.3, -0.25) is 14.7 Å². The van der Waals surface area contributed by atoms with Crippen LogP contribution in [-0.2, 0) is 4.79 Å². The number of likely N-dealkylation sites (tertiary alicyclic amines) is 1. The van der Waals surface area contributed by atoms with E-state index in [-0.39, 0.29) is 11.8 Å². The fraction of sp³-hybridized carbons (Fsp3) is 0.278. The Morgan fingerprint density at radius 3 is 2.76 bits per heavy atom. The smallest absolute Gasteiger partial charge is 0.253 e. The summed E-state index contributed by atoms with van der Waals surface area (Å²) in [5, 5.41) is 9.84. The van der Waals surface area contributed by atoms with Crippen LogP contribution in [0.5, 0.6) is 0 Å². The van der Waals surface area contributed by atoms with Crippen LogP contribution in [0.2, 0.25) is 0 Å². The maximum absolute atomic E-state index is 12.7. The van der Waals surface area contributed by atoms with Crippen LogP contribution in [-0.4, -0.2) is 40.0 Å². The number of amides is 2. The number of hydrogen-bond donors (Lipinski definition) is 2. The molecule has 1 fully saturated rings. The van der Waals surface area contributed by atoms with Crippen molar-refractivity contribution in [1.29, 1.82) is 0 Å². The maximum atomic E-state index is 12.7. The number of carbonyl (C=O) groups is 2. The quantitative estimate of drug-likeness (QED) is 0.555. The Balaban J connectivity index is 1.64. The zero-order chi connectivity index (χ0) is 17.8. The van der Waals surface area contributed by atoms with Crippen LogP contribution in [0, 0.1) is 3.57 Å². The van der Waals surface area contributed by atoms with Crippen molar-refractivity contribution in [3.05, 3.63) is 57.9 Å². The molecule has 1 aliphatic heterocycles. The zero-order valence-corrected chi connectivity index (χ0v) is 15.8. The van der Waals surface area contributed by atoms with Gasteiger partial charge in [-0.25, -0.2) is 0 Å². The largest absolute Gasteiger partial charge is 0.339 e. The van der Waals surface area contributed by atoms with E-state index >= 15 is 0 Å². The minimum Gasteiger partial charge on any atom is -0.339 e. The van der Waals surface area contributed by atoms with Gasteiger partial charge >= 0.3 is 0 Å². The van der Waals surface area contributed by atoms with Gasteiger partial charge in [-0.05, 0) is 59.7 Å². The van der Waals surface area contributed by atoms with E-state index in [0.29, 0.717) is 30.3 Å². The van der Waals surface area contributed by atoms with E-state index in [4.69, 9.17) is 0 Å². The van der Waals surface area contributed by atoms with Crippen molar-refractivity contribution in [2.45, 2.75) is 18.8 Å². The predicted molar refractivity (Wildman–Crippen MR) is 104 cm³/mol. The Morgan fingerprint density at radius 2 is 2.12 bits per heavy atom. The highest BCUT2D eigenvalue weighted by Gasteiger charge is 2.26. The molecule has 0 aliphatic carbocycles. The molecule has 0 radical (unpaired) electrons. The Hall–Kier alpha value is -2.16. The molecule has 2 amide bonds. The summed E-state index contributed by atoms with van der Waals surface area (Å²) in [6.45, 7) is 4.85. The average molecular weight is 450 g/mol. The van der Waals surface area contributed by atoms with E-state index in [0.717, 1.165) is 16.4 Å². The van der Waals surface area contributed by atoms with Gasteiger partial charge in [0.2, 0.25) is 5.91 Å². The predicted octanol–water partition coefficient (Wildman–Crippen LogP) is 3.16. The van der Waals surface area contributed by atoms with Crippen LogP contribution in [0.3, 0.4) is 0 Å².